The smallest absolute Gasteiger partial charge is 0.250 e. The van der Waals surface area contributed by atoms with E-state index in [1.807, 2.05) is 0 Å². The molecule has 0 N–H and O–H groups in total. The van der Waals surface area contributed by atoms with E-state index in [2.05, 4.69) is 104 Å². The molecule has 0 radical (unpaired) electrons. The summed E-state index contributed by atoms with van der Waals surface area (Å²) in [4.78, 5) is 4.91. The summed E-state index contributed by atoms with van der Waals surface area (Å²) in [7, 11) is -1.86. The molecule has 0 aliphatic heterocycles. The van der Waals surface area contributed by atoms with Gasteiger partial charge in [0, 0.05) is 23.5 Å². The average Bonchev–Trinajstić information content (AvgIpc) is 2.99. The molecule has 3 rings (SSSR count). The average molecular weight is 460 g/mol. The van der Waals surface area contributed by atoms with Gasteiger partial charge in [-0.15, -0.1) is 0 Å². The van der Waals surface area contributed by atoms with Crippen molar-refractivity contribution < 1.29 is 4.43 Å². The number of fused-ring (bicyclic) bond motifs is 1. The Kier molecular flexibility index (Phi) is 6.06. The van der Waals surface area contributed by atoms with Gasteiger partial charge in [0.15, 0.2) is 0 Å². The first-order chi connectivity index (χ1) is 13.2. The summed E-state index contributed by atoms with van der Waals surface area (Å²) in [6.07, 6.45) is 1.93. The van der Waals surface area contributed by atoms with E-state index < -0.39 is 8.32 Å². The molecule has 1 heterocycles. The van der Waals surface area contributed by atoms with Crippen molar-refractivity contribution in [3.8, 4) is 11.4 Å². The van der Waals surface area contributed by atoms with Crippen LogP contribution in [-0.4, -0.2) is 23.2 Å². The van der Waals surface area contributed by atoms with E-state index in [0.717, 1.165) is 46.5 Å². The number of nitrogens with zero attached hydrogens (tertiary/aromatic N) is 2. The van der Waals surface area contributed by atoms with Gasteiger partial charge >= 0.3 is 0 Å². The molecule has 0 saturated heterocycles. The normalized spacial score (nSPS) is 12.5. The highest BCUT2D eigenvalue weighted by Crippen LogP contribution is 2.38. The van der Waals surface area contributed by atoms with Gasteiger partial charge in [0.1, 0.15) is 11.6 Å². The minimum Gasteiger partial charge on any atom is -0.543 e. The summed E-state index contributed by atoms with van der Waals surface area (Å²) in [5, 5.41) is 1.16. The molecule has 0 amide bonds. The van der Waals surface area contributed by atoms with Crippen LogP contribution in [0.2, 0.25) is 18.1 Å². The first kappa shape index (κ1) is 21.1. The van der Waals surface area contributed by atoms with Crippen molar-refractivity contribution in [3.05, 3.63) is 53.9 Å². The number of aryl methyl sites for hydroxylation is 2. The lowest BCUT2D eigenvalue weighted by Crippen LogP contribution is -2.43. The molecule has 0 spiro atoms. The number of rotatable bonds is 6. The van der Waals surface area contributed by atoms with Gasteiger partial charge in [-0.1, -0.05) is 55.8 Å². The van der Waals surface area contributed by atoms with Gasteiger partial charge < -0.3 is 4.43 Å². The number of benzene rings is 2. The predicted molar refractivity (Wildman–Crippen MR) is 126 cm³/mol. The van der Waals surface area contributed by atoms with Crippen LogP contribution < -0.4 is 4.43 Å². The third-order valence-corrected chi connectivity index (χ3v) is 10.5. The van der Waals surface area contributed by atoms with E-state index in [9.17, 15) is 0 Å². The molecule has 3 nitrogen and oxygen atoms in total. The van der Waals surface area contributed by atoms with Crippen LogP contribution in [0.3, 0.4) is 0 Å². The van der Waals surface area contributed by atoms with Gasteiger partial charge in [0.05, 0.1) is 11.0 Å². The Morgan fingerprint density at radius 3 is 2.32 bits per heavy atom. The van der Waals surface area contributed by atoms with Crippen LogP contribution in [0.1, 0.15) is 39.1 Å². The molecule has 0 bridgehead atoms. The molecule has 150 valence electrons. The summed E-state index contributed by atoms with van der Waals surface area (Å²) in [5.41, 5.74) is 4.63. The fraction of sp³-hybridized carbons (Fsp3) is 0.435. The Morgan fingerprint density at radius 1 is 1.07 bits per heavy atom. The van der Waals surface area contributed by atoms with Crippen LogP contribution in [0.25, 0.3) is 16.7 Å². The molecule has 0 aliphatic carbocycles. The zero-order chi connectivity index (χ0) is 20.5. The first-order valence-electron chi connectivity index (χ1n) is 10.0. The Labute approximate surface area is 178 Å². The van der Waals surface area contributed by atoms with E-state index in [0.29, 0.717) is 0 Å². The SMILES string of the molecule is CCc1nc2cc(O[Si](C)(C)C(C)(C)C)ccc2n1-c1ccc(CCBr)cc1. The number of hydrogen-bond acceptors (Lipinski definition) is 2. The van der Waals surface area contributed by atoms with Gasteiger partial charge in [-0.05, 0) is 54.4 Å². The minimum absolute atomic E-state index is 0.173. The van der Waals surface area contributed by atoms with Gasteiger partial charge in [-0.2, -0.15) is 0 Å². The zero-order valence-corrected chi connectivity index (χ0v) is 20.4. The van der Waals surface area contributed by atoms with Crippen molar-refractivity contribution in [1.29, 1.82) is 0 Å². The monoisotopic (exact) mass is 458 g/mol. The van der Waals surface area contributed by atoms with Crippen LogP contribution in [-0.2, 0) is 12.8 Å². The van der Waals surface area contributed by atoms with E-state index in [1.165, 1.54) is 5.56 Å². The van der Waals surface area contributed by atoms with Crippen LogP contribution in [0.4, 0.5) is 0 Å². The number of imidazole rings is 1. The first-order valence-corrected chi connectivity index (χ1v) is 14.0. The summed E-state index contributed by atoms with van der Waals surface area (Å²) >= 11 is 3.51. The molecule has 2 aromatic carbocycles. The molecule has 0 saturated carbocycles. The molecule has 0 fully saturated rings. The van der Waals surface area contributed by atoms with Crippen molar-refractivity contribution in [2.24, 2.45) is 0 Å². The van der Waals surface area contributed by atoms with Gasteiger partial charge in [-0.3, -0.25) is 4.57 Å². The molecular formula is C23H31BrN2OSi. The van der Waals surface area contributed by atoms with Crippen molar-refractivity contribution in [1.82, 2.24) is 9.55 Å². The lowest BCUT2D eigenvalue weighted by molar-refractivity contribution is 0.492. The number of hydrogen-bond donors (Lipinski definition) is 0. The largest absolute Gasteiger partial charge is 0.543 e. The molecule has 1 aromatic heterocycles. The number of halogens is 1. The summed E-state index contributed by atoms with van der Waals surface area (Å²) in [6, 6.07) is 15.1. The Bertz CT molecular complexity index is 955. The summed E-state index contributed by atoms with van der Waals surface area (Å²) in [5.74, 6) is 2.01. The van der Waals surface area contributed by atoms with Crippen LogP contribution in [0.5, 0.6) is 5.75 Å². The highest BCUT2D eigenvalue weighted by molar-refractivity contribution is 9.09. The van der Waals surface area contributed by atoms with Crippen molar-refractivity contribution in [2.75, 3.05) is 5.33 Å². The number of alkyl halides is 1. The Morgan fingerprint density at radius 2 is 1.75 bits per heavy atom. The topological polar surface area (TPSA) is 27.1 Å². The summed E-state index contributed by atoms with van der Waals surface area (Å²) < 4.78 is 8.76. The minimum atomic E-state index is -1.86. The Balaban J connectivity index is 2.01. The molecule has 0 unspecified atom stereocenters. The second-order valence-electron chi connectivity index (χ2n) is 8.84. The maximum Gasteiger partial charge on any atom is 0.250 e. The zero-order valence-electron chi connectivity index (χ0n) is 17.8. The van der Waals surface area contributed by atoms with Crippen LogP contribution >= 0.6 is 15.9 Å². The predicted octanol–water partition coefficient (Wildman–Crippen LogP) is 6.91. The maximum absolute atomic E-state index is 6.49. The summed E-state index contributed by atoms with van der Waals surface area (Å²) in [6.45, 7) is 13.5. The van der Waals surface area contributed by atoms with Gasteiger partial charge in [-0.25, -0.2) is 4.98 Å². The maximum atomic E-state index is 6.49. The highest BCUT2D eigenvalue weighted by atomic mass is 79.9. The molecule has 3 aromatic rings. The van der Waals surface area contributed by atoms with Crippen LogP contribution in [0, 0.1) is 0 Å². The lowest BCUT2D eigenvalue weighted by atomic mass is 10.1. The fourth-order valence-corrected chi connectivity index (χ4v) is 4.55. The van der Waals surface area contributed by atoms with Gasteiger partial charge in [0.2, 0.25) is 8.32 Å². The lowest BCUT2D eigenvalue weighted by Gasteiger charge is -2.36. The molecule has 0 aliphatic rings. The van der Waals surface area contributed by atoms with Crippen molar-refractivity contribution in [2.45, 2.75) is 58.7 Å². The second-order valence-corrected chi connectivity index (χ2v) is 14.4. The third-order valence-electron chi connectivity index (χ3n) is 5.77. The van der Waals surface area contributed by atoms with E-state index >= 15 is 0 Å². The second kappa shape index (κ2) is 8.03. The molecule has 0 atom stereocenters. The quantitative estimate of drug-likeness (QED) is 0.296. The third kappa shape index (κ3) is 4.20. The molecular weight excluding hydrogens is 428 g/mol. The van der Waals surface area contributed by atoms with E-state index in [4.69, 9.17) is 9.41 Å². The standard InChI is InChI=1S/C23H31BrN2OSi/c1-7-22-25-20-16-19(27-28(5,6)23(2,3)4)12-13-21(20)26(22)18-10-8-17(9-11-18)14-15-24/h8-13,16H,7,14-15H2,1-6H3. The fourth-order valence-electron chi connectivity index (χ4n) is 3.07. The van der Waals surface area contributed by atoms with Crippen molar-refractivity contribution >= 4 is 35.3 Å². The van der Waals surface area contributed by atoms with Crippen molar-refractivity contribution in [3.63, 3.8) is 0 Å². The number of aromatic nitrogens is 2. The highest BCUT2D eigenvalue weighted by Gasteiger charge is 2.39. The molecule has 5 heteroatoms. The Hall–Kier alpha value is -1.59. The molecule has 28 heavy (non-hydrogen) atoms. The van der Waals surface area contributed by atoms with E-state index in [1.54, 1.807) is 0 Å². The van der Waals surface area contributed by atoms with E-state index in [-0.39, 0.29) is 5.04 Å². The van der Waals surface area contributed by atoms with Crippen LogP contribution in [0.15, 0.2) is 42.5 Å². The van der Waals surface area contributed by atoms with Gasteiger partial charge in [0.25, 0.3) is 0 Å².